The van der Waals surface area contributed by atoms with E-state index in [0.29, 0.717) is 48.4 Å². The summed E-state index contributed by atoms with van der Waals surface area (Å²) in [5.41, 5.74) is 2.40. The SMILES string of the molecule is Cc1ccccc1C(=O)Nc1c(C(=O)N2CCN(c3ccccn3)CC2)oc2ccccc12. The summed E-state index contributed by atoms with van der Waals surface area (Å²) in [4.78, 5) is 34.8. The van der Waals surface area contributed by atoms with Gasteiger partial charge in [0.1, 0.15) is 17.1 Å². The minimum absolute atomic E-state index is 0.157. The van der Waals surface area contributed by atoms with E-state index in [1.165, 1.54) is 0 Å². The quantitative estimate of drug-likeness (QED) is 0.510. The summed E-state index contributed by atoms with van der Waals surface area (Å²) in [6.07, 6.45) is 1.77. The molecule has 0 unspecified atom stereocenters. The van der Waals surface area contributed by atoms with Crippen molar-refractivity contribution < 1.29 is 14.0 Å². The zero-order valence-electron chi connectivity index (χ0n) is 18.3. The van der Waals surface area contributed by atoms with Crippen LogP contribution in [0.5, 0.6) is 0 Å². The molecule has 0 spiro atoms. The van der Waals surface area contributed by atoms with Crippen LogP contribution >= 0.6 is 0 Å². The minimum atomic E-state index is -0.270. The second-order valence-corrected chi connectivity index (χ2v) is 8.04. The number of anilines is 2. The number of benzene rings is 2. The molecule has 166 valence electrons. The molecule has 2 aromatic carbocycles. The molecule has 0 saturated carbocycles. The molecule has 7 nitrogen and oxygen atoms in total. The average Bonchev–Trinajstić information content (AvgIpc) is 3.23. The first-order chi connectivity index (χ1) is 16.1. The molecule has 0 bridgehead atoms. The van der Waals surface area contributed by atoms with Crippen LogP contribution in [0.1, 0.15) is 26.5 Å². The Bertz CT molecular complexity index is 1310. The lowest BCUT2D eigenvalue weighted by atomic mass is 10.1. The number of hydrogen-bond acceptors (Lipinski definition) is 5. The lowest BCUT2D eigenvalue weighted by Gasteiger charge is -2.35. The summed E-state index contributed by atoms with van der Waals surface area (Å²) >= 11 is 0. The number of nitrogens with one attached hydrogen (secondary N) is 1. The van der Waals surface area contributed by atoms with E-state index < -0.39 is 0 Å². The summed E-state index contributed by atoms with van der Waals surface area (Å²) in [5, 5.41) is 3.65. The summed E-state index contributed by atoms with van der Waals surface area (Å²) in [6.45, 7) is 4.31. The van der Waals surface area contributed by atoms with Crippen LogP contribution < -0.4 is 10.2 Å². The van der Waals surface area contributed by atoms with Gasteiger partial charge in [-0.15, -0.1) is 0 Å². The Balaban J connectivity index is 1.41. The normalized spacial score (nSPS) is 13.8. The number of carbonyl (C=O) groups excluding carboxylic acids is 2. The van der Waals surface area contributed by atoms with Gasteiger partial charge in [0.15, 0.2) is 0 Å². The highest BCUT2D eigenvalue weighted by atomic mass is 16.3. The smallest absolute Gasteiger partial charge is 0.291 e. The molecule has 1 fully saturated rings. The number of carbonyl (C=O) groups is 2. The van der Waals surface area contributed by atoms with Crippen molar-refractivity contribution in [1.29, 1.82) is 0 Å². The molecular formula is C26H24N4O3. The lowest BCUT2D eigenvalue weighted by Crippen LogP contribution is -2.49. The van der Waals surface area contributed by atoms with Crippen LogP contribution in [-0.4, -0.2) is 47.9 Å². The number of nitrogens with zero attached hydrogens (tertiary/aromatic N) is 3. The number of pyridine rings is 1. The van der Waals surface area contributed by atoms with Crippen molar-refractivity contribution in [3.05, 3.63) is 89.8 Å². The van der Waals surface area contributed by atoms with Crippen LogP contribution in [0.4, 0.5) is 11.5 Å². The van der Waals surface area contributed by atoms with E-state index in [1.54, 1.807) is 23.2 Å². The molecule has 33 heavy (non-hydrogen) atoms. The van der Waals surface area contributed by atoms with Crippen LogP contribution in [-0.2, 0) is 0 Å². The van der Waals surface area contributed by atoms with Crippen molar-refractivity contribution in [2.75, 3.05) is 36.4 Å². The van der Waals surface area contributed by atoms with Crippen LogP contribution in [0.15, 0.2) is 77.3 Å². The first kappa shape index (κ1) is 20.8. The lowest BCUT2D eigenvalue weighted by molar-refractivity contribution is 0.0718. The number of fused-ring (bicyclic) bond motifs is 1. The maximum atomic E-state index is 13.5. The topological polar surface area (TPSA) is 78.7 Å². The maximum absolute atomic E-state index is 13.5. The van der Waals surface area contributed by atoms with Gasteiger partial charge in [-0.25, -0.2) is 4.98 Å². The second-order valence-electron chi connectivity index (χ2n) is 8.04. The van der Waals surface area contributed by atoms with Crippen LogP contribution in [0.25, 0.3) is 11.0 Å². The van der Waals surface area contributed by atoms with E-state index in [4.69, 9.17) is 4.42 Å². The number of piperazine rings is 1. The van der Waals surface area contributed by atoms with Crippen molar-refractivity contribution >= 4 is 34.3 Å². The molecule has 5 rings (SSSR count). The first-order valence-corrected chi connectivity index (χ1v) is 11.0. The van der Waals surface area contributed by atoms with Gasteiger partial charge >= 0.3 is 0 Å². The van der Waals surface area contributed by atoms with Gasteiger partial charge in [-0.2, -0.15) is 0 Å². The number of amides is 2. The van der Waals surface area contributed by atoms with Gasteiger partial charge in [-0.05, 0) is 42.8 Å². The van der Waals surface area contributed by atoms with E-state index >= 15 is 0 Å². The summed E-state index contributed by atoms with van der Waals surface area (Å²) < 4.78 is 5.96. The molecule has 0 aliphatic carbocycles. The Morgan fingerprint density at radius 2 is 1.64 bits per heavy atom. The third-order valence-corrected chi connectivity index (χ3v) is 5.96. The molecule has 7 heteroatoms. The van der Waals surface area contributed by atoms with E-state index in [1.807, 2.05) is 61.5 Å². The predicted molar refractivity (Wildman–Crippen MR) is 128 cm³/mol. The zero-order chi connectivity index (χ0) is 22.8. The Kier molecular flexibility index (Phi) is 5.52. The molecular weight excluding hydrogens is 416 g/mol. The molecule has 0 atom stereocenters. The number of hydrogen-bond donors (Lipinski definition) is 1. The second kappa shape index (κ2) is 8.78. The number of para-hydroxylation sites is 1. The van der Waals surface area contributed by atoms with Crippen LogP contribution in [0.2, 0.25) is 0 Å². The van der Waals surface area contributed by atoms with Crippen molar-refractivity contribution in [2.45, 2.75) is 6.92 Å². The molecule has 1 aliphatic heterocycles. The third kappa shape index (κ3) is 4.05. The molecule has 2 amide bonds. The van der Waals surface area contributed by atoms with E-state index in [2.05, 4.69) is 15.2 Å². The van der Waals surface area contributed by atoms with Gasteiger partial charge in [0.25, 0.3) is 11.8 Å². The summed E-state index contributed by atoms with van der Waals surface area (Å²) in [7, 11) is 0. The van der Waals surface area contributed by atoms with Crippen LogP contribution in [0.3, 0.4) is 0 Å². The van der Waals surface area contributed by atoms with Crippen molar-refractivity contribution in [3.63, 3.8) is 0 Å². The van der Waals surface area contributed by atoms with Crippen LogP contribution in [0, 0.1) is 6.92 Å². The minimum Gasteiger partial charge on any atom is -0.449 e. The van der Waals surface area contributed by atoms with E-state index in [-0.39, 0.29) is 17.6 Å². The third-order valence-electron chi connectivity index (χ3n) is 5.96. The fourth-order valence-electron chi connectivity index (χ4n) is 4.15. The molecule has 2 aromatic heterocycles. The predicted octanol–water partition coefficient (Wildman–Crippen LogP) is 4.35. The van der Waals surface area contributed by atoms with Crippen molar-refractivity contribution in [3.8, 4) is 0 Å². The van der Waals surface area contributed by atoms with Gasteiger partial charge in [0.2, 0.25) is 5.76 Å². The zero-order valence-corrected chi connectivity index (χ0v) is 18.3. The van der Waals surface area contributed by atoms with Crippen molar-refractivity contribution in [2.24, 2.45) is 0 Å². The summed E-state index contributed by atoms with van der Waals surface area (Å²) in [6, 6.07) is 20.5. The molecule has 1 saturated heterocycles. The first-order valence-electron chi connectivity index (χ1n) is 11.0. The van der Waals surface area contributed by atoms with Gasteiger partial charge in [0.05, 0.1) is 0 Å². The van der Waals surface area contributed by atoms with E-state index in [9.17, 15) is 9.59 Å². The van der Waals surface area contributed by atoms with Gasteiger partial charge in [0, 0.05) is 43.3 Å². The Labute approximate surface area is 191 Å². The molecule has 1 N–H and O–H groups in total. The largest absolute Gasteiger partial charge is 0.449 e. The molecule has 1 aliphatic rings. The van der Waals surface area contributed by atoms with E-state index in [0.717, 1.165) is 11.4 Å². The fraction of sp³-hybridized carbons (Fsp3) is 0.192. The standard InChI is InChI=1S/C26H24N4O3/c1-18-8-2-3-9-19(18)25(31)28-23-20-10-4-5-11-21(20)33-24(23)26(32)30-16-14-29(15-17-30)22-12-6-7-13-27-22/h2-13H,14-17H2,1H3,(H,28,31). The van der Waals surface area contributed by atoms with Gasteiger partial charge in [-0.3, -0.25) is 9.59 Å². The number of aromatic nitrogens is 1. The van der Waals surface area contributed by atoms with Crippen molar-refractivity contribution in [1.82, 2.24) is 9.88 Å². The highest BCUT2D eigenvalue weighted by Gasteiger charge is 2.29. The highest BCUT2D eigenvalue weighted by Crippen LogP contribution is 2.32. The Morgan fingerprint density at radius 3 is 2.39 bits per heavy atom. The molecule has 3 heterocycles. The summed E-state index contributed by atoms with van der Waals surface area (Å²) in [5.74, 6) is 0.560. The highest BCUT2D eigenvalue weighted by molar-refractivity contribution is 6.14. The number of aryl methyl sites for hydroxylation is 1. The molecule has 4 aromatic rings. The number of furan rings is 1. The average molecular weight is 441 g/mol. The maximum Gasteiger partial charge on any atom is 0.291 e. The Hall–Kier alpha value is -4.13. The van der Waals surface area contributed by atoms with Gasteiger partial charge in [-0.1, -0.05) is 36.4 Å². The fourth-order valence-corrected chi connectivity index (χ4v) is 4.15. The Morgan fingerprint density at radius 1 is 0.909 bits per heavy atom. The molecule has 0 radical (unpaired) electrons. The monoisotopic (exact) mass is 440 g/mol. The number of rotatable bonds is 4. The van der Waals surface area contributed by atoms with Gasteiger partial charge < -0.3 is 19.5 Å².